The fourth-order valence-electron chi connectivity index (χ4n) is 1.89. The fraction of sp³-hybridized carbons (Fsp3) is 0.346. The Morgan fingerprint density at radius 3 is 1.50 bits per heavy atom. The molecule has 1 N–H and O–H groups in total. The highest BCUT2D eigenvalue weighted by molar-refractivity contribution is 6.67. The number of halogens is 1. The van der Waals surface area contributed by atoms with Crippen molar-refractivity contribution in [2.75, 3.05) is 0 Å². The van der Waals surface area contributed by atoms with Gasteiger partial charge in [-0.1, -0.05) is 13.2 Å². The Balaban J connectivity index is 0. The van der Waals surface area contributed by atoms with Crippen molar-refractivity contribution in [1.82, 2.24) is 9.97 Å². The topological polar surface area (TPSA) is 113 Å². The molecule has 0 amide bonds. The van der Waals surface area contributed by atoms with E-state index in [1.807, 2.05) is 26.0 Å². The predicted octanol–water partition coefficient (Wildman–Crippen LogP) is 5.60. The SMILES string of the molecule is C=C(C)C(=O)Cl.C=C(C)C(=O)OC(C)(C)c1ccncc1.CC#N.CC(C)(O)c1ccncc1. The molecule has 34 heavy (non-hydrogen) atoms. The van der Waals surface area contributed by atoms with Gasteiger partial charge in [-0.2, -0.15) is 5.26 Å². The molecule has 2 aromatic rings. The van der Waals surface area contributed by atoms with Gasteiger partial charge in [0.2, 0.25) is 5.24 Å². The first kappa shape index (κ1) is 32.8. The van der Waals surface area contributed by atoms with Gasteiger partial charge in [-0.15, -0.1) is 0 Å². The molecule has 0 saturated carbocycles. The normalized spacial score (nSPS) is 9.76. The Bertz CT molecular complexity index is 949. The molecule has 2 rings (SSSR count). The molecule has 0 aliphatic carbocycles. The highest BCUT2D eigenvalue weighted by Gasteiger charge is 2.25. The van der Waals surface area contributed by atoms with Gasteiger partial charge < -0.3 is 9.84 Å². The average molecular weight is 488 g/mol. The van der Waals surface area contributed by atoms with Crippen molar-refractivity contribution in [3.05, 3.63) is 84.5 Å². The zero-order valence-electron chi connectivity index (χ0n) is 20.9. The summed E-state index contributed by atoms with van der Waals surface area (Å²) in [7, 11) is 0. The number of aliphatic hydroxyl groups is 1. The lowest BCUT2D eigenvalue weighted by Crippen LogP contribution is -2.25. The zero-order valence-corrected chi connectivity index (χ0v) is 21.7. The lowest BCUT2D eigenvalue weighted by Gasteiger charge is -2.25. The number of nitriles is 1. The molecule has 0 aromatic carbocycles. The third-order valence-corrected chi connectivity index (χ3v) is 4.12. The maximum atomic E-state index is 11.4. The van der Waals surface area contributed by atoms with Crippen molar-refractivity contribution in [2.24, 2.45) is 0 Å². The molecule has 184 valence electrons. The van der Waals surface area contributed by atoms with E-state index in [0.29, 0.717) is 11.1 Å². The van der Waals surface area contributed by atoms with Gasteiger partial charge in [0.15, 0.2) is 0 Å². The van der Waals surface area contributed by atoms with Crippen LogP contribution in [0.4, 0.5) is 0 Å². The second-order valence-corrected chi connectivity index (χ2v) is 8.33. The summed E-state index contributed by atoms with van der Waals surface area (Å²) in [6.45, 7) is 18.6. The summed E-state index contributed by atoms with van der Waals surface area (Å²) in [6.07, 6.45) is 6.69. The van der Waals surface area contributed by atoms with Crippen molar-refractivity contribution in [1.29, 1.82) is 5.26 Å². The maximum absolute atomic E-state index is 11.4. The summed E-state index contributed by atoms with van der Waals surface area (Å²) < 4.78 is 5.32. The van der Waals surface area contributed by atoms with E-state index in [1.165, 1.54) is 6.92 Å². The number of carbonyl (C=O) groups excluding carboxylic acids is 2. The monoisotopic (exact) mass is 487 g/mol. The Kier molecular flexibility index (Phi) is 15.7. The number of carbonyl (C=O) groups is 2. The van der Waals surface area contributed by atoms with Gasteiger partial charge >= 0.3 is 5.97 Å². The number of hydrogen-bond donors (Lipinski definition) is 1. The van der Waals surface area contributed by atoms with Crippen LogP contribution in [0, 0.1) is 11.3 Å². The van der Waals surface area contributed by atoms with E-state index < -0.39 is 16.4 Å². The van der Waals surface area contributed by atoms with Crippen molar-refractivity contribution in [2.45, 2.75) is 59.7 Å². The number of esters is 1. The van der Waals surface area contributed by atoms with E-state index in [9.17, 15) is 14.7 Å². The largest absolute Gasteiger partial charge is 0.451 e. The second-order valence-electron chi connectivity index (χ2n) is 7.99. The van der Waals surface area contributed by atoms with Gasteiger partial charge in [-0.25, -0.2) is 4.79 Å². The van der Waals surface area contributed by atoms with Gasteiger partial charge in [0.1, 0.15) is 5.60 Å². The number of pyridine rings is 2. The van der Waals surface area contributed by atoms with Crippen molar-refractivity contribution < 1.29 is 19.4 Å². The van der Waals surface area contributed by atoms with Crippen LogP contribution in [0.25, 0.3) is 0 Å². The number of hydrogen-bond acceptors (Lipinski definition) is 7. The van der Waals surface area contributed by atoms with Gasteiger partial charge in [-0.05, 0) is 88.5 Å². The minimum Gasteiger partial charge on any atom is -0.451 e. The third kappa shape index (κ3) is 15.5. The first-order valence-corrected chi connectivity index (χ1v) is 10.6. The highest BCUT2D eigenvalue weighted by atomic mass is 35.5. The minimum atomic E-state index is -0.747. The molecule has 0 spiro atoms. The lowest BCUT2D eigenvalue weighted by molar-refractivity contribution is -0.152. The van der Waals surface area contributed by atoms with Crippen molar-refractivity contribution >= 4 is 22.8 Å². The van der Waals surface area contributed by atoms with Crippen molar-refractivity contribution in [3.8, 4) is 6.07 Å². The molecule has 0 unspecified atom stereocenters. The summed E-state index contributed by atoms with van der Waals surface area (Å²) in [5.41, 5.74) is 1.19. The molecule has 0 radical (unpaired) electrons. The van der Waals surface area contributed by atoms with Crippen molar-refractivity contribution in [3.63, 3.8) is 0 Å². The van der Waals surface area contributed by atoms with Gasteiger partial charge in [-0.3, -0.25) is 14.8 Å². The van der Waals surface area contributed by atoms with Crippen LogP contribution >= 0.6 is 11.6 Å². The summed E-state index contributed by atoms with van der Waals surface area (Å²) in [4.78, 5) is 29.0. The molecule has 0 saturated heterocycles. The summed E-state index contributed by atoms with van der Waals surface area (Å²) in [5.74, 6) is -0.378. The maximum Gasteiger partial charge on any atom is 0.333 e. The molecule has 7 nitrogen and oxygen atoms in total. The zero-order chi connectivity index (χ0) is 26.9. The van der Waals surface area contributed by atoms with Crippen LogP contribution in [-0.4, -0.2) is 26.3 Å². The predicted molar refractivity (Wildman–Crippen MR) is 135 cm³/mol. The summed E-state index contributed by atoms with van der Waals surface area (Å²) >= 11 is 4.87. The van der Waals surface area contributed by atoms with Crippen LogP contribution in [0.5, 0.6) is 0 Å². The molecule has 2 heterocycles. The van der Waals surface area contributed by atoms with Crippen LogP contribution in [0.3, 0.4) is 0 Å². The van der Waals surface area contributed by atoms with Crippen LogP contribution in [-0.2, 0) is 25.5 Å². The lowest BCUT2D eigenvalue weighted by atomic mass is 9.99. The Labute approximate surface area is 207 Å². The molecule has 0 fully saturated rings. The molecular formula is C26H34ClN3O4. The number of aromatic nitrogens is 2. The first-order valence-electron chi connectivity index (χ1n) is 10.2. The number of nitrogens with zero attached hydrogens (tertiary/aromatic N) is 3. The summed E-state index contributed by atoms with van der Waals surface area (Å²) in [5, 5.41) is 16.3. The number of rotatable bonds is 5. The quantitative estimate of drug-likeness (QED) is 0.331. The van der Waals surface area contributed by atoms with Crippen LogP contribution < -0.4 is 0 Å². The standard InChI is InChI=1S/C12H15NO2.C8H11NO.C4H5ClO.C2H3N/c1-9(2)11(14)15-12(3,4)10-5-7-13-8-6-10;1-8(2,10)7-3-5-9-6-4-7;1-3(2)4(5)6;1-2-3/h5-8H,1H2,2-4H3;3-6,10H,1-2H3;1H2,2H3;1H3. The average Bonchev–Trinajstić information content (AvgIpc) is 2.75. The van der Waals surface area contributed by atoms with Crippen LogP contribution in [0.2, 0.25) is 0 Å². The van der Waals surface area contributed by atoms with Crippen LogP contribution in [0.1, 0.15) is 59.6 Å². The van der Waals surface area contributed by atoms with E-state index in [-0.39, 0.29) is 5.97 Å². The number of allylic oxidation sites excluding steroid dienone is 1. The van der Waals surface area contributed by atoms with E-state index in [1.54, 1.807) is 70.7 Å². The molecule has 0 bridgehead atoms. The van der Waals surface area contributed by atoms with E-state index in [2.05, 4.69) is 23.1 Å². The molecule has 8 heteroatoms. The van der Waals surface area contributed by atoms with E-state index in [0.717, 1.165) is 11.1 Å². The van der Waals surface area contributed by atoms with Gasteiger partial charge in [0, 0.05) is 42.9 Å². The second kappa shape index (κ2) is 16.3. The van der Waals surface area contributed by atoms with E-state index >= 15 is 0 Å². The Morgan fingerprint density at radius 2 is 1.26 bits per heavy atom. The number of ether oxygens (including phenoxy) is 1. The Morgan fingerprint density at radius 1 is 0.941 bits per heavy atom. The van der Waals surface area contributed by atoms with Gasteiger partial charge in [0.25, 0.3) is 0 Å². The summed E-state index contributed by atoms with van der Waals surface area (Å²) in [6, 6.07) is 9.01. The molecule has 2 aromatic heterocycles. The molecule has 0 aliphatic rings. The Hall–Kier alpha value is -3.34. The molecular weight excluding hydrogens is 454 g/mol. The van der Waals surface area contributed by atoms with Crippen LogP contribution in [0.15, 0.2) is 73.4 Å². The molecule has 0 aliphatic heterocycles. The molecule has 0 atom stereocenters. The first-order chi connectivity index (χ1) is 15.6. The third-order valence-electron chi connectivity index (χ3n) is 3.79. The smallest absolute Gasteiger partial charge is 0.333 e. The minimum absolute atomic E-state index is 0.378. The van der Waals surface area contributed by atoms with E-state index in [4.69, 9.17) is 21.6 Å². The highest BCUT2D eigenvalue weighted by Crippen LogP contribution is 2.24. The van der Waals surface area contributed by atoms with Gasteiger partial charge in [0.05, 0.1) is 11.7 Å². The fourth-order valence-corrected chi connectivity index (χ4v) is 1.89.